The van der Waals surface area contributed by atoms with Crippen molar-refractivity contribution >= 4 is 34.3 Å². The van der Waals surface area contributed by atoms with E-state index in [0.717, 1.165) is 17.4 Å². The zero-order chi connectivity index (χ0) is 10.6. The minimum absolute atomic E-state index is 0.201. The van der Waals surface area contributed by atoms with Crippen molar-refractivity contribution < 1.29 is 9.53 Å². The van der Waals surface area contributed by atoms with Crippen LogP contribution in [0.4, 0.5) is 0 Å². The van der Waals surface area contributed by atoms with Crippen LogP contribution in [-0.2, 0) is 9.53 Å². The van der Waals surface area contributed by atoms with Crippen LogP contribution in [0.1, 0.15) is 19.8 Å². The highest BCUT2D eigenvalue weighted by Gasteiger charge is 2.21. The maximum atomic E-state index is 11.1. The minimum atomic E-state index is -0.212. The molecule has 0 N–H and O–H groups in total. The molecular weight excluding hydrogens is 218 g/mol. The van der Waals surface area contributed by atoms with Crippen molar-refractivity contribution in [1.82, 2.24) is 4.90 Å². The van der Waals surface area contributed by atoms with Crippen LogP contribution in [0.2, 0.25) is 0 Å². The van der Waals surface area contributed by atoms with E-state index in [1.165, 1.54) is 31.7 Å². The van der Waals surface area contributed by atoms with Crippen LogP contribution < -0.4 is 0 Å². The molecule has 14 heavy (non-hydrogen) atoms. The Morgan fingerprint density at radius 1 is 1.50 bits per heavy atom. The summed E-state index contributed by atoms with van der Waals surface area (Å²) in [5.41, 5.74) is 0. The van der Waals surface area contributed by atoms with E-state index in [4.69, 9.17) is 12.2 Å². The van der Waals surface area contributed by atoms with Gasteiger partial charge in [0.25, 0.3) is 0 Å². The molecule has 1 fully saturated rings. The zero-order valence-corrected chi connectivity index (χ0v) is 10.1. The second kappa shape index (κ2) is 5.56. The number of hydrogen-bond acceptors (Lipinski definition) is 4. The Kier molecular flexibility index (Phi) is 4.68. The molecule has 0 aliphatic carbocycles. The molecule has 1 aliphatic rings. The average Bonchev–Trinajstić information content (AvgIpc) is 2.69. The number of ether oxygens (including phenoxy) is 1. The van der Waals surface area contributed by atoms with Gasteiger partial charge in [-0.2, -0.15) is 0 Å². The number of hydrogen-bond donors (Lipinski definition) is 0. The summed E-state index contributed by atoms with van der Waals surface area (Å²) < 4.78 is 5.46. The lowest BCUT2D eigenvalue weighted by Gasteiger charge is -2.19. The van der Waals surface area contributed by atoms with Gasteiger partial charge in [0.2, 0.25) is 0 Å². The average molecular weight is 233 g/mol. The Morgan fingerprint density at radius 3 is 2.57 bits per heavy atom. The first-order valence-electron chi connectivity index (χ1n) is 4.68. The normalized spacial score (nSPS) is 18.0. The van der Waals surface area contributed by atoms with E-state index in [1.807, 2.05) is 6.92 Å². The number of likely N-dealkylation sites (tertiary alicyclic amines) is 1. The zero-order valence-electron chi connectivity index (χ0n) is 8.49. The van der Waals surface area contributed by atoms with E-state index >= 15 is 0 Å². The predicted octanol–water partition coefficient (Wildman–Crippen LogP) is 1.66. The van der Waals surface area contributed by atoms with Gasteiger partial charge in [0.05, 0.1) is 7.11 Å². The van der Waals surface area contributed by atoms with Crippen LogP contribution in [0.3, 0.4) is 0 Å². The number of carbonyl (C=O) groups is 1. The van der Waals surface area contributed by atoms with E-state index in [-0.39, 0.29) is 11.2 Å². The molecule has 3 nitrogen and oxygen atoms in total. The van der Waals surface area contributed by atoms with E-state index in [1.54, 1.807) is 0 Å². The van der Waals surface area contributed by atoms with Crippen LogP contribution in [0.15, 0.2) is 0 Å². The molecule has 5 heteroatoms. The molecule has 0 radical (unpaired) electrons. The maximum absolute atomic E-state index is 11.1. The molecule has 1 saturated heterocycles. The number of esters is 1. The number of methoxy groups -OCH3 is 1. The highest BCUT2D eigenvalue weighted by molar-refractivity contribution is 8.23. The Morgan fingerprint density at radius 2 is 2.07 bits per heavy atom. The Balaban J connectivity index is 2.35. The molecule has 0 spiro atoms. The fourth-order valence-electron chi connectivity index (χ4n) is 1.34. The van der Waals surface area contributed by atoms with Gasteiger partial charge in [0.1, 0.15) is 9.57 Å². The molecule has 80 valence electrons. The van der Waals surface area contributed by atoms with Crippen LogP contribution in [-0.4, -0.2) is 40.6 Å². The summed E-state index contributed by atoms with van der Waals surface area (Å²) in [6.07, 6.45) is 2.40. The molecule has 1 heterocycles. The van der Waals surface area contributed by atoms with Gasteiger partial charge in [-0.3, -0.25) is 4.79 Å². The largest absolute Gasteiger partial charge is 0.468 e. The Labute approximate surface area is 94.2 Å². The number of thiocarbonyl (C=S) groups is 1. The van der Waals surface area contributed by atoms with Gasteiger partial charge in [-0.15, -0.1) is 0 Å². The summed E-state index contributed by atoms with van der Waals surface area (Å²) in [7, 11) is 1.40. The second-order valence-corrected chi connectivity index (χ2v) is 5.22. The van der Waals surface area contributed by atoms with Gasteiger partial charge >= 0.3 is 5.97 Å². The van der Waals surface area contributed by atoms with Gasteiger partial charge in [-0.1, -0.05) is 24.0 Å². The molecule has 0 aromatic carbocycles. The van der Waals surface area contributed by atoms with Crippen molar-refractivity contribution in [3.05, 3.63) is 0 Å². The second-order valence-electron chi connectivity index (χ2n) is 3.24. The van der Waals surface area contributed by atoms with Crippen LogP contribution >= 0.6 is 24.0 Å². The predicted molar refractivity (Wildman–Crippen MR) is 62.5 cm³/mol. The summed E-state index contributed by atoms with van der Waals surface area (Å²) in [6, 6.07) is 0. The SMILES string of the molecule is COC(=O)[C@@H](C)SC(=S)N1CCCC1. The molecule has 1 aliphatic heterocycles. The lowest BCUT2D eigenvalue weighted by Crippen LogP contribution is -2.27. The Bertz CT molecular complexity index is 227. The number of nitrogens with zero attached hydrogens (tertiary/aromatic N) is 1. The third kappa shape index (κ3) is 3.13. The van der Waals surface area contributed by atoms with Crippen molar-refractivity contribution in [2.75, 3.05) is 20.2 Å². The number of carbonyl (C=O) groups excluding carboxylic acids is 1. The van der Waals surface area contributed by atoms with Gasteiger partial charge < -0.3 is 9.64 Å². The minimum Gasteiger partial charge on any atom is -0.468 e. The molecule has 0 unspecified atom stereocenters. The number of rotatable bonds is 2. The lowest BCUT2D eigenvalue weighted by atomic mass is 10.4. The summed E-state index contributed by atoms with van der Waals surface area (Å²) in [5.74, 6) is -0.212. The third-order valence-electron chi connectivity index (χ3n) is 2.17. The molecule has 1 rings (SSSR count). The van der Waals surface area contributed by atoms with E-state index in [9.17, 15) is 4.79 Å². The molecule has 0 saturated carbocycles. The molecule has 0 bridgehead atoms. The fraction of sp³-hybridized carbons (Fsp3) is 0.778. The molecule has 0 aromatic rings. The van der Waals surface area contributed by atoms with Crippen molar-refractivity contribution in [3.63, 3.8) is 0 Å². The summed E-state index contributed by atoms with van der Waals surface area (Å²) >= 11 is 6.65. The molecule has 0 amide bonds. The topological polar surface area (TPSA) is 29.5 Å². The van der Waals surface area contributed by atoms with Crippen LogP contribution in [0.5, 0.6) is 0 Å². The van der Waals surface area contributed by atoms with Gasteiger partial charge in [-0.05, 0) is 19.8 Å². The van der Waals surface area contributed by atoms with Crippen LogP contribution in [0.25, 0.3) is 0 Å². The monoisotopic (exact) mass is 233 g/mol. The summed E-state index contributed by atoms with van der Waals surface area (Å²) in [5, 5.41) is -0.201. The first-order chi connectivity index (χ1) is 6.65. The third-order valence-corrected chi connectivity index (χ3v) is 3.73. The first kappa shape index (κ1) is 11.8. The first-order valence-corrected chi connectivity index (χ1v) is 5.97. The lowest BCUT2D eigenvalue weighted by molar-refractivity contribution is -0.139. The van der Waals surface area contributed by atoms with Gasteiger partial charge in [0, 0.05) is 13.1 Å². The van der Waals surface area contributed by atoms with Crippen molar-refractivity contribution in [2.45, 2.75) is 25.0 Å². The highest BCUT2D eigenvalue weighted by atomic mass is 32.2. The quantitative estimate of drug-likeness (QED) is 0.534. The van der Waals surface area contributed by atoms with Gasteiger partial charge in [0.15, 0.2) is 0 Å². The fourth-order valence-corrected chi connectivity index (χ4v) is 2.78. The van der Waals surface area contributed by atoms with E-state index in [0.29, 0.717) is 0 Å². The Hall–Kier alpha value is -0.290. The summed E-state index contributed by atoms with van der Waals surface area (Å²) in [4.78, 5) is 13.3. The van der Waals surface area contributed by atoms with E-state index in [2.05, 4.69) is 9.64 Å². The highest BCUT2D eigenvalue weighted by Crippen LogP contribution is 2.20. The number of thioether (sulfide) groups is 1. The van der Waals surface area contributed by atoms with Gasteiger partial charge in [-0.25, -0.2) is 0 Å². The van der Waals surface area contributed by atoms with Crippen molar-refractivity contribution in [3.8, 4) is 0 Å². The molecule has 0 aromatic heterocycles. The van der Waals surface area contributed by atoms with E-state index < -0.39 is 0 Å². The van der Waals surface area contributed by atoms with Crippen molar-refractivity contribution in [1.29, 1.82) is 0 Å². The smallest absolute Gasteiger partial charge is 0.318 e. The molecule has 1 atom stereocenters. The maximum Gasteiger partial charge on any atom is 0.318 e. The molecular formula is C9H15NO2S2. The standard InChI is InChI=1S/C9H15NO2S2/c1-7(8(11)12-2)14-9(13)10-5-3-4-6-10/h7H,3-6H2,1-2H3/t7-/m1/s1. The van der Waals surface area contributed by atoms with Crippen molar-refractivity contribution in [2.24, 2.45) is 0 Å². The summed E-state index contributed by atoms with van der Waals surface area (Å²) in [6.45, 7) is 3.87. The van der Waals surface area contributed by atoms with Crippen LogP contribution in [0, 0.1) is 0 Å².